The number of anilines is 1. The maximum absolute atomic E-state index is 12.6. The molecule has 1 aliphatic rings. The van der Waals surface area contributed by atoms with Gasteiger partial charge >= 0.3 is 5.97 Å². The van der Waals surface area contributed by atoms with Crippen LogP contribution in [0, 0.1) is 19.8 Å². The van der Waals surface area contributed by atoms with Crippen LogP contribution in [-0.2, 0) is 19.1 Å². The highest BCUT2D eigenvalue weighted by Gasteiger charge is 2.38. The number of nitrogens with zero attached hydrogens (tertiary/aromatic N) is 1. The Labute approximate surface area is 177 Å². The molecule has 158 valence electrons. The number of hydrogen-bond acceptors (Lipinski definition) is 4. The zero-order chi connectivity index (χ0) is 21.8. The van der Waals surface area contributed by atoms with Crippen molar-refractivity contribution in [3.05, 3.63) is 65.2 Å². The summed E-state index contributed by atoms with van der Waals surface area (Å²) in [7, 11) is 0. The second-order valence-corrected chi connectivity index (χ2v) is 7.92. The standard InChI is InChI=1S/C24H28N2O4/c1-15-10-11-21(16(2)12-15)25-23(28)18(4)30-24(29)20-13-22(27)26(14-20)17(3)19-8-6-5-7-9-19/h5-12,17-18,20H,13-14H2,1-4H3,(H,25,28)/t17-,18-,20-/m0/s1. The van der Waals surface area contributed by atoms with Gasteiger partial charge in [0.2, 0.25) is 5.91 Å². The molecular formula is C24H28N2O4. The Bertz CT molecular complexity index is 941. The average molecular weight is 408 g/mol. The number of aryl methyl sites for hydroxylation is 2. The summed E-state index contributed by atoms with van der Waals surface area (Å²) in [4.78, 5) is 39.2. The van der Waals surface area contributed by atoms with Crippen molar-refractivity contribution < 1.29 is 19.1 Å². The molecule has 6 heteroatoms. The minimum absolute atomic E-state index is 0.0827. The number of carbonyl (C=O) groups is 3. The summed E-state index contributed by atoms with van der Waals surface area (Å²) >= 11 is 0. The summed E-state index contributed by atoms with van der Waals surface area (Å²) in [6.07, 6.45) is -0.851. The highest BCUT2D eigenvalue weighted by atomic mass is 16.5. The number of amides is 2. The van der Waals surface area contributed by atoms with Gasteiger partial charge in [0, 0.05) is 18.7 Å². The van der Waals surface area contributed by atoms with Crippen molar-refractivity contribution in [2.75, 3.05) is 11.9 Å². The van der Waals surface area contributed by atoms with Crippen LogP contribution in [0.3, 0.4) is 0 Å². The van der Waals surface area contributed by atoms with Crippen LogP contribution in [0.4, 0.5) is 5.69 Å². The monoisotopic (exact) mass is 408 g/mol. The molecule has 1 fully saturated rings. The van der Waals surface area contributed by atoms with E-state index >= 15 is 0 Å². The van der Waals surface area contributed by atoms with Crippen LogP contribution in [0.15, 0.2) is 48.5 Å². The van der Waals surface area contributed by atoms with Crippen LogP contribution in [-0.4, -0.2) is 35.3 Å². The molecule has 1 aliphatic heterocycles. The Morgan fingerprint density at radius 2 is 1.80 bits per heavy atom. The summed E-state index contributed by atoms with van der Waals surface area (Å²) < 4.78 is 5.38. The zero-order valence-corrected chi connectivity index (χ0v) is 17.8. The Kier molecular flexibility index (Phi) is 6.55. The number of likely N-dealkylation sites (tertiary alicyclic amines) is 1. The highest BCUT2D eigenvalue weighted by molar-refractivity contribution is 5.96. The van der Waals surface area contributed by atoms with E-state index in [1.165, 1.54) is 6.92 Å². The van der Waals surface area contributed by atoms with Gasteiger partial charge in [-0.05, 0) is 44.9 Å². The smallest absolute Gasteiger partial charge is 0.312 e. The van der Waals surface area contributed by atoms with Crippen molar-refractivity contribution in [3.63, 3.8) is 0 Å². The van der Waals surface area contributed by atoms with E-state index in [1.807, 2.05) is 69.3 Å². The predicted molar refractivity (Wildman–Crippen MR) is 115 cm³/mol. The molecular weight excluding hydrogens is 380 g/mol. The van der Waals surface area contributed by atoms with Gasteiger partial charge in [0.05, 0.1) is 12.0 Å². The molecule has 2 aromatic rings. The number of esters is 1. The van der Waals surface area contributed by atoms with Gasteiger partial charge in [0.25, 0.3) is 5.91 Å². The van der Waals surface area contributed by atoms with E-state index in [0.717, 1.165) is 16.7 Å². The molecule has 2 amide bonds. The third-order valence-corrected chi connectivity index (χ3v) is 5.54. The number of nitrogens with one attached hydrogen (secondary N) is 1. The van der Waals surface area contributed by atoms with Crippen molar-refractivity contribution in [3.8, 4) is 0 Å². The van der Waals surface area contributed by atoms with E-state index in [9.17, 15) is 14.4 Å². The number of hydrogen-bond donors (Lipinski definition) is 1. The predicted octanol–water partition coefficient (Wildman–Crippen LogP) is 3.78. The van der Waals surface area contributed by atoms with E-state index < -0.39 is 23.9 Å². The summed E-state index contributed by atoms with van der Waals surface area (Å²) in [6.45, 7) is 7.66. The van der Waals surface area contributed by atoms with Gasteiger partial charge in [0.1, 0.15) is 0 Å². The highest BCUT2D eigenvalue weighted by Crippen LogP contribution is 2.29. The molecule has 0 saturated carbocycles. The first kappa shape index (κ1) is 21.6. The summed E-state index contributed by atoms with van der Waals surface area (Å²) in [6, 6.07) is 15.3. The third kappa shape index (κ3) is 4.87. The Morgan fingerprint density at radius 3 is 2.47 bits per heavy atom. The fourth-order valence-corrected chi connectivity index (χ4v) is 3.69. The van der Waals surface area contributed by atoms with E-state index in [2.05, 4.69) is 5.32 Å². The van der Waals surface area contributed by atoms with Crippen LogP contribution < -0.4 is 5.32 Å². The van der Waals surface area contributed by atoms with Crippen molar-refractivity contribution in [2.45, 2.75) is 46.3 Å². The second-order valence-electron chi connectivity index (χ2n) is 7.92. The minimum atomic E-state index is -0.950. The van der Waals surface area contributed by atoms with E-state index in [4.69, 9.17) is 4.74 Å². The van der Waals surface area contributed by atoms with Crippen LogP contribution in [0.5, 0.6) is 0 Å². The Hall–Kier alpha value is -3.15. The van der Waals surface area contributed by atoms with Crippen LogP contribution in [0.25, 0.3) is 0 Å². The molecule has 0 radical (unpaired) electrons. The minimum Gasteiger partial charge on any atom is -0.452 e. The molecule has 0 spiro atoms. The van der Waals surface area contributed by atoms with E-state index in [-0.39, 0.29) is 18.4 Å². The van der Waals surface area contributed by atoms with Crippen molar-refractivity contribution >= 4 is 23.5 Å². The Morgan fingerprint density at radius 1 is 1.10 bits per heavy atom. The first-order valence-corrected chi connectivity index (χ1v) is 10.2. The fraction of sp³-hybridized carbons (Fsp3) is 0.375. The van der Waals surface area contributed by atoms with Gasteiger partial charge in [-0.15, -0.1) is 0 Å². The lowest BCUT2D eigenvalue weighted by Crippen LogP contribution is -2.34. The number of benzene rings is 2. The molecule has 1 saturated heterocycles. The number of carbonyl (C=O) groups excluding carboxylic acids is 3. The number of ether oxygens (including phenoxy) is 1. The van der Waals surface area contributed by atoms with Crippen molar-refractivity contribution in [1.82, 2.24) is 4.90 Å². The van der Waals surface area contributed by atoms with Crippen LogP contribution in [0.2, 0.25) is 0 Å². The normalized spacial score (nSPS) is 18.1. The number of rotatable bonds is 6. The summed E-state index contributed by atoms with van der Waals surface area (Å²) in [5, 5.41) is 2.80. The van der Waals surface area contributed by atoms with Gasteiger partial charge in [-0.1, -0.05) is 48.0 Å². The molecule has 6 nitrogen and oxygen atoms in total. The third-order valence-electron chi connectivity index (χ3n) is 5.54. The molecule has 3 rings (SSSR count). The lowest BCUT2D eigenvalue weighted by Gasteiger charge is -2.25. The van der Waals surface area contributed by atoms with E-state index in [0.29, 0.717) is 12.2 Å². The molecule has 3 atom stereocenters. The quantitative estimate of drug-likeness (QED) is 0.738. The molecule has 0 aromatic heterocycles. The topological polar surface area (TPSA) is 75.7 Å². The van der Waals surface area contributed by atoms with Gasteiger partial charge in [-0.2, -0.15) is 0 Å². The largest absolute Gasteiger partial charge is 0.452 e. The first-order valence-electron chi connectivity index (χ1n) is 10.2. The Balaban J connectivity index is 1.57. The first-order chi connectivity index (χ1) is 14.3. The molecule has 2 aromatic carbocycles. The average Bonchev–Trinajstić information content (AvgIpc) is 3.11. The molecule has 30 heavy (non-hydrogen) atoms. The SMILES string of the molecule is Cc1ccc(NC(=O)[C@H](C)OC(=O)[C@H]2CC(=O)N([C@@H](C)c3ccccc3)C2)c(C)c1. The summed E-state index contributed by atoms with van der Waals surface area (Å²) in [5.41, 5.74) is 3.74. The molecule has 1 N–H and O–H groups in total. The van der Waals surface area contributed by atoms with Crippen molar-refractivity contribution in [1.29, 1.82) is 0 Å². The summed E-state index contributed by atoms with van der Waals surface area (Å²) in [5.74, 6) is -1.57. The molecule has 1 heterocycles. The second kappa shape index (κ2) is 9.11. The maximum atomic E-state index is 12.6. The van der Waals surface area contributed by atoms with Crippen molar-refractivity contribution in [2.24, 2.45) is 5.92 Å². The lowest BCUT2D eigenvalue weighted by molar-refractivity contribution is -0.157. The fourth-order valence-electron chi connectivity index (χ4n) is 3.69. The lowest BCUT2D eigenvalue weighted by atomic mass is 10.1. The van der Waals surface area contributed by atoms with Crippen LogP contribution >= 0.6 is 0 Å². The maximum Gasteiger partial charge on any atom is 0.312 e. The molecule has 0 bridgehead atoms. The molecule has 0 unspecified atom stereocenters. The van der Waals surface area contributed by atoms with Gasteiger partial charge < -0.3 is 15.0 Å². The van der Waals surface area contributed by atoms with E-state index in [1.54, 1.807) is 4.90 Å². The van der Waals surface area contributed by atoms with Crippen LogP contribution in [0.1, 0.15) is 43.0 Å². The van der Waals surface area contributed by atoms with Gasteiger partial charge in [-0.25, -0.2) is 0 Å². The zero-order valence-electron chi connectivity index (χ0n) is 17.8. The molecule has 0 aliphatic carbocycles. The van der Waals surface area contributed by atoms with Gasteiger partial charge in [0.15, 0.2) is 6.10 Å². The van der Waals surface area contributed by atoms with Gasteiger partial charge in [-0.3, -0.25) is 14.4 Å².